The SMILES string of the molecule is C#CCC(C)NC(=O)c1cc2cc(N)ccc2s1. The van der Waals surface area contributed by atoms with Crippen molar-refractivity contribution in [1.82, 2.24) is 5.32 Å². The van der Waals surface area contributed by atoms with E-state index in [1.54, 1.807) is 0 Å². The van der Waals surface area contributed by atoms with Gasteiger partial charge in [-0.15, -0.1) is 23.7 Å². The predicted octanol–water partition coefficient (Wildman–Crippen LogP) is 2.63. The molecule has 4 heteroatoms. The van der Waals surface area contributed by atoms with Crippen LogP contribution in [-0.4, -0.2) is 11.9 Å². The molecule has 0 aliphatic rings. The first kappa shape index (κ1) is 12.5. The molecule has 0 radical (unpaired) electrons. The van der Waals surface area contributed by atoms with Crippen LogP contribution in [0.5, 0.6) is 0 Å². The van der Waals surface area contributed by atoms with Crippen molar-refractivity contribution in [2.45, 2.75) is 19.4 Å². The molecule has 2 aromatic rings. The molecule has 92 valence electrons. The van der Waals surface area contributed by atoms with E-state index in [1.807, 2.05) is 31.2 Å². The molecule has 1 heterocycles. The van der Waals surface area contributed by atoms with Gasteiger partial charge in [-0.3, -0.25) is 4.79 Å². The number of carbonyl (C=O) groups excluding carboxylic acids is 1. The molecule has 1 unspecified atom stereocenters. The smallest absolute Gasteiger partial charge is 0.261 e. The number of thiophene rings is 1. The van der Waals surface area contributed by atoms with E-state index in [4.69, 9.17) is 12.2 Å². The Labute approximate surface area is 110 Å². The third-order valence-corrected chi connectivity index (χ3v) is 3.68. The van der Waals surface area contributed by atoms with Crippen LogP contribution in [0, 0.1) is 12.3 Å². The van der Waals surface area contributed by atoms with Gasteiger partial charge in [-0.2, -0.15) is 0 Å². The fourth-order valence-corrected chi connectivity index (χ4v) is 2.64. The average Bonchev–Trinajstić information content (AvgIpc) is 2.72. The molecule has 1 aromatic carbocycles. The maximum Gasteiger partial charge on any atom is 0.261 e. The van der Waals surface area contributed by atoms with Crippen molar-refractivity contribution in [1.29, 1.82) is 0 Å². The lowest BCUT2D eigenvalue weighted by atomic mass is 10.2. The van der Waals surface area contributed by atoms with Gasteiger partial charge < -0.3 is 11.1 Å². The molecule has 0 spiro atoms. The zero-order valence-corrected chi connectivity index (χ0v) is 10.9. The van der Waals surface area contributed by atoms with Crippen LogP contribution >= 0.6 is 11.3 Å². The number of nitrogen functional groups attached to an aromatic ring is 1. The van der Waals surface area contributed by atoms with Crippen molar-refractivity contribution in [3.8, 4) is 12.3 Å². The number of hydrogen-bond donors (Lipinski definition) is 2. The highest BCUT2D eigenvalue weighted by molar-refractivity contribution is 7.20. The lowest BCUT2D eigenvalue weighted by Crippen LogP contribution is -2.31. The van der Waals surface area contributed by atoms with Crippen LogP contribution < -0.4 is 11.1 Å². The number of rotatable bonds is 3. The number of carbonyl (C=O) groups is 1. The molecule has 0 fully saturated rings. The maximum atomic E-state index is 12.0. The van der Waals surface area contributed by atoms with E-state index in [-0.39, 0.29) is 11.9 Å². The van der Waals surface area contributed by atoms with E-state index in [0.717, 1.165) is 10.1 Å². The Morgan fingerprint density at radius 2 is 2.33 bits per heavy atom. The summed E-state index contributed by atoms with van der Waals surface area (Å²) < 4.78 is 1.05. The molecule has 3 nitrogen and oxygen atoms in total. The van der Waals surface area contributed by atoms with Gasteiger partial charge in [0.05, 0.1) is 4.88 Å². The molecule has 0 saturated carbocycles. The standard InChI is InChI=1S/C14H14N2OS/c1-3-4-9(2)16-14(17)13-8-10-7-11(15)5-6-12(10)18-13/h1,5-9H,4,15H2,2H3,(H,16,17). The minimum atomic E-state index is -0.0856. The number of hydrogen-bond acceptors (Lipinski definition) is 3. The molecule has 0 aliphatic carbocycles. The molecule has 18 heavy (non-hydrogen) atoms. The van der Waals surface area contributed by atoms with Gasteiger partial charge in [0.15, 0.2) is 0 Å². The first-order valence-corrected chi connectivity index (χ1v) is 6.45. The van der Waals surface area contributed by atoms with Crippen LogP contribution in [0.2, 0.25) is 0 Å². The summed E-state index contributed by atoms with van der Waals surface area (Å²) in [6.45, 7) is 1.89. The van der Waals surface area contributed by atoms with Gasteiger partial charge >= 0.3 is 0 Å². The van der Waals surface area contributed by atoms with Crippen molar-refractivity contribution in [3.05, 3.63) is 29.1 Å². The van der Waals surface area contributed by atoms with Crippen LogP contribution in [0.25, 0.3) is 10.1 Å². The highest BCUT2D eigenvalue weighted by Crippen LogP contribution is 2.27. The van der Waals surface area contributed by atoms with E-state index >= 15 is 0 Å². The summed E-state index contributed by atoms with van der Waals surface area (Å²) >= 11 is 1.45. The minimum Gasteiger partial charge on any atom is -0.399 e. The number of nitrogens with two attached hydrogens (primary N) is 1. The monoisotopic (exact) mass is 258 g/mol. The lowest BCUT2D eigenvalue weighted by Gasteiger charge is -2.09. The van der Waals surface area contributed by atoms with E-state index in [1.165, 1.54) is 11.3 Å². The quantitative estimate of drug-likeness (QED) is 0.657. The van der Waals surface area contributed by atoms with Crippen molar-refractivity contribution in [2.75, 3.05) is 5.73 Å². The first-order chi connectivity index (χ1) is 8.60. The number of benzene rings is 1. The highest BCUT2D eigenvalue weighted by atomic mass is 32.1. The van der Waals surface area contributed by atoms with Crippen LogP contribution in [0.15, 0.2) is 24.3 Å². The van der Waals surface area contributed by atoms with Gasteiger partial charge in [0.2, 0.25) is 0 Å². The second kappa shape index (κ2) is 5.11. The summed E-state index contributed by atoms with van der Waals surface area (Å²) in [6, 6.07) is 7.47. The van der Waals surface area contributed by atoms with Crippen molar-refractivity contribution < 1.29 is 4.79 Å². The number of terminal acetylenes is 1. The molecule has 2 rings (SSSR count). The number of nitrogens with one attached hydrogen (secondary N) is 1. The molecule has 0 saturated heterocycles. The van der Waals surface area contributed by atoms with Crippen molar-refractivity contribution in [3.63, 3.8) is 0 Å². The summed E-state index contributed by atoms with van der Waals surface area (Å²) in [5, 5.41) is 3.87. The Bertz CT molecular complexity index is 624. The predicted molar refractivity (Wildman–Crippen MR) is 76.6 cm³/mol. The highest BCUT2D eigenvalue weighted by Gasteiger charge is 2.12. The molecular formula is C14H14N2OS. The van der Waals surface area contributed by atoms with Gasteiger partial charge in [-0.1, -0.05) is 0 Å². The van der Waals surface area contributed by atoms with E-state index in [0.29, 0.717) is 17.0 Å². The maximum absolute atomic E-state index is 12.0. The van der Waals surface area contributed by atoms with E-state index in [2.05, 4.69) is 11.2 Å². The summed E-state index contributed by atoms with van der Waals surface area (Å²) in [5.41, 5.74) is 6.41. The zero-order chi connectivity index (χ0) is 13.1. The molecule has 0 bridgehead atoms. The number of fused-ring (bicyclic) bond motifs is 1. The topological polar surface area (TPSA) is 55.1 Å². The van der Waals surface area contributed by atoms with Crippen LogP contribution in [0.1, 0.15) is 23.0 Å². The van der Waals surface area contributed by atoms with Crippen LogP contribution in [-0.2, 0) is 0 Å². The van der Waals surface area contributed by atoms with Crippen LogP contribution in [0.4, 0.5) is 5.69 Å². The van der Waals surface area contributed by atoms with Gasteiger partial charge in [0.1, 0.15) is 0 Å². The summed E-state index contributed by atoms with van der Waals surface area (Å²) in [5.74, 6) is 2.44. The van der Waals surface area contributed by atoms with Gasteiger partial charge in [0.25, 0.3) is 5.91 Å². The van der Waals surface area contributed by atoms with E-state index < -0.39 is 0 Å². The number of amides is 1. The summed E-state index contributed by atoms with van der Waals surface area (Å²) in [7, 11) is 0. The Morgan fingerprint density at radius 3 is 3.06 bits per heavy atom. The largest absolute Gasteiger partial charge is 0.399 e. The van der Waals surface area contributed by atoms with Crippen molar-refractivity contribution >= 4 is 33.0 Å². The minimum absolute atomic E-state index is 0.0159. The fourth-order valence-electron chi connectivity index (χ4n) is 1.70. The van der Waals surface area contributed by atoms with E-state index in [9.17, 15) is 4.79 Å². The molecule has 0 aliphatic heterocycles. The Balaban J connectivity index is 2.21. The Morgan fingerprint density at radius 1 is 1.56 bits per heavy atom. The average molecular weight is 258 g/mol. The summed E-state index contributed by atoms with van der Waals surface area (Å²) in [6.07, 6.45) is 5.74. The Kier molecular flexibility index (Phi) is 3.54. The fraction of sp³-hybridized carbons (Fsp3) is 0.214. The number of anilines is 1. The lowest BCUT2D eigenvalue weighted by molar-refractivity contribution is 0.0945. The second-order valence-electron chi connectivity index (χ2n) is 4.19. The molecule has 1 amide bonds. The molecule has 1 aromatic heterocycles. The van der Waals surface area contributed by atoms with Crippen LogP contribution in [0.3, 0.4) is 0 Å². The van der Waals surface area contributed by atoms with Gasteiger partial charge in [-0.05, 0) is 36.6 Å². The van der Waals surface area contributed by atoms with Crippen molar-refractivity contribution in [2.24, 2.45) is 0 Å². The first-order valence-electron chi connectivity index (χ1n) is 5.63. The second-order valence-corrected chi connectivity index (χ2v) is 5.27. The third-order valence-electron chi connectivity index (χ3n) is 2.57. The van der Waals surface area contributed by atoms with Gasteiger partial charge in [0, 0.05) is 22.8 Å². The molecular weight excluding hydrogens is 244 g/mol. The Hall–Kier alpha value is -1.99. The zero-order valence-electron chi connectivity index (χ0n) is 10.1. The van der Waals surface area contributed by atoms with Gasteiger partial charge in [-0.25, -0.2) is 0 Å². The molecule has 1 atom stereocenters. The third kappa shape index (κ3) is 2.63. The summed E-state index contributed by atoms with van der Waals surface area (Å²) in [4.78, 5) is 12.7. The molecule has 3 N–H and O–H groups in total. The normalized spacial score (nSPS) is 12.0.